The molecule has 0 aliphatic carbocycles. The van der Waals surface area contributed by atoms with Gasteiger partial charge in [-0.15, -0.1) is 0 Å². The Morgan fingerprint density at radius 1 is 1.37 bits per heavy atom. The lowest BCUT2D eigenvalue weighted by atomic mass is 9.87. The average Bonchev–Trinajstić information content (AvgIpc) is 2.35. The van der Waals surface area contributed by atoms with Gasteiger partial charge in [-0.05, 0) is 37.0 Å². The maximum absolute atomic E-state index is 11.1. The molecule has 2 unspecified atom stereocenters. The number of carbonyl (C=O) groups excluding carboxylic acids is 1. The molecule has 3 heteroatoms. The van der Waals surface area contributed by atoms with Gasteiger partial charge in [-0.3, -0.25) is 0 Å². The van der Waals surface area contributed by atoms with Crippen molar-refractivity contribution in [2.45, 2.75) is 45.8 Å². The third kappa shape index (κ3) is 7.46. The number of methoxy groups -OCH3 is 1. The van der Waals surface area contributed by atoms with Gasteiger partial charge in [-0.25, -0.2) is 4.79 Å². The first-order valence-corrected chi connectivity index (χ1v) is 7.95. The van der Waals surface area contributed by atoms with Crippen molar-refractivity contribution in [3.05, 3.63) is 23.8 Å². The van der Waals surface area contributed by atoms with Crippen LogP contribution in [0, 0.1) is 11.8 Å². The van der Waals surface area contributed by atoms with E-state index in [1.807, 2.05) is 24.8 Å². The van der Waals surface area contributed by atoms with Crippen molar-refractivity contribution in [2.75, 3.05) is 13.4 Å². The van der Waals surface area contributed by atoms with Crippen molar-refractivity contribution in [2.24, 2.45) is 11.8 Å². The minimum Gasteiger partial charge on any atom is -0.466 e. The highest BCUT2D eigenvalue weighted by Crippen LogP contribution is 2.34. The summed E-state index contributed by atoms with van der Waals surface area (Å²) in [6, 6.07) is 0. The van der Waals surface area contributed by atoms with E-state index in [1.165, 1.54) is 13.2 Å². The van der Waals surface area contributed by atoms with E-state index in [1.54, 1.807) is 0 Å². The van der Waals surface area contributed by atoms with Crippen LogP contribution in [0.2, 0.25) is 0 Å². The summed E-state index contributed by atoms with van der Waals surface area (Å²) in [4.78, 5) is 11.1. The highest BCUT2D eigenvalue weighted by molar-refractivity contribution is 7.99. The van der Waals surface area contributed by atoms with E-state index in [-0.39, 0.29) is 5.97 Å². The second kappa shape index (κ2) is 8.47. The minimum absolute atomic E-state index is 0.299. The average molecular weight is 284 g/mol. The molecule has 0 rings (SSSR count). The van der Waals surface area contributed by atoms with Crippen molar-refractivity contribution in [3.63, 3.8) is 0 Å². The van der Waals surface area contributed by atoms with Crippen molar-refractivity contribution < 1.29 is 9.53 Å². The molecule has 19 heavy (non-hydrogen) atoms. The topological polar surface area (TPSA) is 26.3 Å². The lowest BCUT2D eigenvalue weighted by molar-refractivity contribution is -0.134. The first-order chi connectivity index (χ1) is 8.72. The summed E-state index contributed by atoms with van der Waals surface area (Å²) in [5.74, 6) is 0.848. The van der Waals surface area contributed by atoms with Gasteiger partial charge >= 0.3 is 5.97 Å². The molecule has 0 spiro atoms. The summed E-state index contributed by atoms with van der Waals surface area (Å²) >= 11 is 1.92. The van der Waals surface area contributed by atoms with E-state index in [4.69, 9.17) is 0 Å². The fourth-order valence-electron chi connectivity index (χ4n) is 1.73. The van der Waals surface area contributed by atoms with Crippen molar-refractivity contribution >= 4 is 17.7 Å². The zero-order valence-electron chi connectivity index (χ0n) is 13.3. The molecule has 2 nitrogen and oxygen atoms in total. The Morgan fingerprint density at radius 3 is 2.42 bits per heavy atom. The molecule has 0 saturated heterocycles. The summed E-state index contributed by atoms with van der Waals surface area (Å²) in [7, 11) is 1.39. The quantitative estimate of drug-likeness (QED) is 0.392. The number of rotatable bonds is 7. The maximum Gasteiger partial charge on any atom is 0.330 e. The third-order valence-electron chi connectivity index (χ3n) is 3.67. The summed E-state index contributed by atoms with van der Waals surface area (Å²) < 4.78 is 4.90. The molecular formula is C16H28O2S. The Labute approximate surface area is 122 Å². The number of carbonyl (C=O) groups is 1. The number of esters is 1. The largest absolute Gasteiger partial charge is 0.466 e. The monoisotopic (exact) mass is 284 g/mol. The summed E-state index contributed by atoms with van der Waals surface area (Å²) in [5, 5.41) is 0. The van der Waals surface area contributed by atoms with Crippen LogP contribution in [0.15, 0.2) is 23.8 Å². The molecule has 110 valence electrons. The number of hydrogen-bond donors (Lipinski definition) is 0. The van der Waals surface area contributed by atoms with E-state index in [0.29, 0.717) is 16.6 Å². The zero-order valence-corrected chi connectivity index (χ0v) is 14.1. The standard InChI is InChI=1S/C16H28O2S/c1-12(10-14(3)16(4,5)19-7)8-9-13(2)11-15(17)18-6/h8-9,11-12,14H,10H2,1-7H3/b9-8+,13-11+. The summed E-state index contributed by atoms with van der Waals surface area (Å²) in [6.07, 6.45) is 9.00. The molecule has 0 aromatic heterocycles. The first-order valence-electron chi connectivity index (χ1n) is 6.72. The fourth-order valence-corrected chi connectivity index (χ4v) is 2.23. The summed E-state index contributed by atoms with van der Waals surface area (Å²) in [6.45, 7) is 11.0. The molecule has 0 fully saturated rings. The number of ether oxygens (including phenoxy) is 1. The van der Waals surface area contributed by atoms with Gasteiger partial charge in [-0.1, -0.05) is 39.8 Å². The van der Waals surface area contributed by atoms with Crippen LogP contribution in [0.5, 0.6) is 0 Å². The van der Waals surface area contributed by atoms with Crippen LogP contribution in [-0.2, 0) is 9.53 Å². The van der Waals surface area contributed by atoms with Crippen LogP contribution in [0.25, 0.3) is 0 Å². The maximum atomic E-state index is 11.1. The Kier molecular flexibility index (Phi) is 8.15. The van der Waals surface area contributed by atoms with E-state index in [9.17, 15) is 4.79 Å². The van der Waals surface area contributed by atoms with Gasteiger partial charge in [0, 0.05) is 10.8 Å². The molecule has 0 aliphatic rings. The Hall–Kier alpha value is -0.700. The predicted octanol–water partition coefficient (Wildman–Crippen LogP) is 4.47. The van der Waals surface area contributed by atoms with Gasteiger partial charge in [0.2, 0.25) is 0 Å². The normalized spacial score (nSPS) is 16.5. The number of thioether (sulfide) groups is 1. The van der Waals surface area contributed by atoms with E-state index >= 15 is 0 Å². The highest BCUT2D eigenvalue weighted by atomic mass is 32.2. The lowest BCUT2D eigenvalue weighted by Gasteiger charge is -2.31. The van der Waals surface area contributed by atoms with E-state index < -0.39 is 0 Å². The van der Waals surface area contributed by atoms with Crippen LogP contribution in [0.4, 0.5) is 0 Å². The molecule has 0 N–H and O–H groups in total. The zero-order chi connectivity index (χ0) is 15.1. The second-order valence-electron chi connectivity index (χ2n) is 5.69. The minimum atomic E-state index is -0.299. The molecule has 0 aliphatic heterocycles. The van der Waals surface area contributed by atoms with Crippen molar-refractivity contribution in [1.82, 2.24) is 0 Å². The lowest BCUT2D eigenvalue weighted by Crippen LogP contribution is -2.26. The van der Waals surface area contributed by atoms with Gasteiger partial charge in [-0.2, -0.15) is 11.8 Å². The smallest absolute Gasteiger partial charge is 0.330 e. The van der Waals surface area contributed by atoms with Gasteiger partial charge < -0.3 is 4.74 Å². The van der Waals surface area contributed by atoms with E-state index in [2.05, 4.69) is 44.8 Å². The molecule has 0 aromatic carbocycles. The highest BCUT2D eigenvalue weighted by Gasteiger charge is 2.25. The molecule has 0 saturated carbocycles. The van der Waals surface area contributed by atoms with Gasteiger partial charge in [0.25, 0.3) is 0 Å². The molecule has 0 amide bonds. The van der Waals surface area contributed by atoms with Crippen LogP contribution in [-0.4, -0.2) is 24.1 Å². The first kappa shape index (κ1) is 18.3. The molecule has 0 bridgehead atoms. The van der Waals surface area contributed by atoms with Crippen molar-refractivity contribution in [3.8, 4) is 0 Å². The van der Waals surface area contributed by atoms with Gasteiger partial charge in [0.1, 0.15) is 0 Å². The summed E-state index contributed by atoms with van der Waals surface area (Å²) in [5.41, 5.74) is 0.926. The Morgan fingerprint density at radius 2 is 1.95 bits per heavy atom. The Bertz CT molecular complexity index is 343. The van der Waals surface area contributed by atoms with Crippen LogP contribution < -0.4 is 0 Å². The SMILES string of the molecule is COC(=O)/C=C(C)/C=C/C(C)CC(C)C(C)(C)SC. The van der Waals surface area contributed by atoms with Crippen LogP contribution >= 0.6 is 11.8 Å². The predicted molar refractivity (Wildman–Crippen MR) is 85.5 cm³/mol. The molecule has 2 atom stereocenters. The third-order valence-corrected chi connectivity index (χ3v) is 5.13. The molecular weight excluding hydrogens is 256 g/mol. The van der Waals surface area contributed by atoms with Gasteiger partial charge in [0.05, 0.1) is 7.11 Å². The number of hydrogen-bond acceptors (Lipinski definition) is 3. The second-order valence-corrected chi connectivity index (χ2v) is 7.15. The fraction of sp³-hybridized carbons (Fsp3) is 0.688. The Balaban J connectivity index is 4.43. The van der Waals surface area contributed by atoms with Crippen LogP contribution in [0.3, 0.4) is 0 Å². The number of allylic oxidation sites excluding steroid dienone is 3. The van der Waals surface area contributed by atoms with Gasteiger partial charge in [0.15, 0.2) is 0 Å². The van der Waals surface area contributed by atoms with Crippen LogP contribution in [0.1, 0.15) is 41.0 Å². The molecule has 0 radical (unpaired) electrons. The molecule has 0 aromatic rings. The van der Waals surface area contributed by atoms with E-state index in [0.717, 1.165) is 12.0 Å². The molecule has 0 heterocycles. The van der Waals surface area contributed by atoms with Crippen molar-refractivity contribution in [1.29, 1.82) is 0 Å².